The number of thioether (sulfide) groups is 1. The summed E-state index contributed by atoms with van der Waals surface area (Å²) in [4.78, 5) is 13.0. The van der Waals surface area contributed by atoms with E-state index in [2.05, 4.69) is 37.4 Å². The molecule has 3 nitrogen and oxygen atoms in total. The van der Waals surface area contributed by atoms with Gasteiger partial charge in [-0.3, -0.25) is 4.79 Å². The summed E-state index contributed by atoms with van der Waals surface area (Å²) in [6, 6.07) is 6.96. The number of primary amides is 1. The van der Waals surface area contributed by atoms with E-state index in [4.69, 9.17) is 5.73 Å². The number of nitrogens with one attached hydrogen (secondary N) is 1. The van der Waals surface area contributed by atoms with Crippen LogP contribution in [0.25, 0.3) is 0 Å². The molecular formula is C16H24N2OS. The Morgan fingerprint density at radius 3 is 2.75 bits per heavy atom. The molecule has 0 aromatic heterocycles. The third-order valence-corrected chi connectivity index (χ3v) is 5.01. The maximum Gasteiger partial charge on any atom is 0.237 e. The number of nitrogens with two attached hydrogens (primary N) is 1. The summed E-state index contributed by atoms with van der Waals surface area (Å²) in [5.41, 5.74) is 7.55. The predicted molar refractivity (Wildman–Crippen MR) is 85.0 cm³/mol. The molecule has 1 saturated carbocycles. The minimum atomic E-state index is -0.577. The van der Waals surface area contributed by atoms with Crippen LogP contribution >= 0.6 is 11.8 Å². The lowest BCUT2D eigenvalue weighted by Crippen LogP contribution is -2.54. The van der Waals surface area contributed by atoms with Gasteiger partial charge in [0.2, 0.25) is 5.91 Å². The summed E-state index contributed by atoms with van der Waals surface area (Å²) in [7, 11) is 0. The number of hydrogen-bond donors (Lipinski definition) is 2. The fraction of sp³-hybridized carbons (Fsp3) is 0.562. The molecule has 1 fully saturated rings. The molecule has 1 aromatic carbocycles. The molecule has 1 aliphatic carbocycles. The van der Waals surface area contributed by atoms with Gasteiger partial charge >= 0.3 is 0 Å². The van der Waals surface area contributed by atoms with E-state index in [1.165, 1.54) is 16.0 Å². The van der Waals surface area contributed by atoms with Crippen LogP contribution in [0.3, 0.4) is 0 Å². The zero-order valence-electron chi connectivity index (χ0n) is 12.5. The predicted octanol–water partition coefficient (Wildman–Crippen LogP) is 2.78. The second-order valence-corrected chi connectivity index (χ2v) is 7.12. The maximum atomic E-state index is 11.7. The average molecular weight is 292 g/mol. The molecule has 0 aliphatic heterocycles. The van der Waals surface area contributed by atoms with Gasteiger partial charge in [-0.15, -0.1) is 11.8 Å². The van der Waals surface area contributed by atoms with Crippen LogP contribution in [0.15, 0.2) is 23.1 Å². The molecule has 0 spiro atoms. The molecule has 1 aromatic rings. The molecule has 0 heterocycles. The van der Waals surface area contributed by atoms with Crippen molar-refractivity contribution in [3.05, 3.63) is 29.3 Å². The molecule has 0 saturated heterocycles. The van der Waals surface area contributed by atoms with E-state index in [-0.39, 0.29) is 5.91 Å². The first-order valence-electron chi connectivity index (χ1n) is 7.18. The topological polar surface area (TPSA) is 55.1 Å². The first kappa shape index (κ1) is 15.4. The van der Waals surface area contributed by atoms with E-state index in [1.54, 1.807) is 11.8 Å². The zero-order valence-corrected chi connectivity index (χ0v) is 13.3. The highest BCUT2D eigenvalue weighted by Crippen LogP contribution is 2.28. The molecule has 4 heteroatoms. The fourth-order valence-electron chi connectivity index (χ4n) is 2.17. The number of rotatable bonds is 7. The van der Waals surface area contributed by atoms with E-state index in [0.29, 0.717) is 6.04 Å². The van der Waals surface area contributed by atoms with Gasteiger partial charge in [0.05, 0.1) is 5.54 Å². The minimum absolute atomic E-state index is 0.244. The van der Waals surface area contributed by atoms with Crippen LogP contribution in [0, 0.1) is 13.8 Å². The van der Waals surface area contributed by atoms with E-state index in [0.717, 1.165) is 25.0 Å². The smallest absolute Gasteiger partial charge is 0.237 e. The Morgan fingerprint density at radius 2 is 2.15 bits per heavy atom. The number of hydrogen-bond acceptors (Lipinski definition) is 3. The highest BCUT2D eigenvalue weighted by Gasteiger charge is 2.36. The molecule has 1 atom stereocenters. The van der Waals surface area contributed by atoms with Gasteiger partial charge in [0, 0.05) is 16.7 Å². The third-order valence-electron chi connectivity index (χ3n) is 3.85. The number of carbonyl (C=O) groups excluding carboxylic acids is 1. The van der Waals surface area contributed by atoms with Crippen LogP contribution in [0.5, 0.6) is 0 Å². The van der Waals surface area contributed by atoms with Gasteiger partial charge in [-0.05, 0) is 51.7 Å². The van der Waals surface area contributed by atoms with Crippen molar-refractivity contribution in [3.8, 4) is 0 Å². The Kier molecular flexibility index (Phi) is 4.76. The summed E-state index contributed by atoms with van der Waals surface area (Å²) in [5, 5.41) is 3.39. The lowest BCUT2D eigenvalue weighted by atomic mass is 9.98. The molecule has 3 N–H and O–H groups in total. The molecule has 1 unspecified atom stereocenters. The second-order valence-electron chi connectivity index (χ2n) is 5.98. The van der Waals surface area contributed by atoms with Gasteiger partial charge < -0.3 is 11.1 Å². The monoisotopic (exact) mass is 292 g/mol. The van der Waals surface area contributed by atoms with Crippen LogP contribution in [0.2, 0.25) is 0 Å². The van der Waals surface area contributed by atoms with Gasteiger partial charge in [-0.25, -0.2) is 0 Å². The van der Waals surface area contributed by atoms with Crippen LogP contribution in [-0.2, 0) is 4.79 Å². The van der Waals surface area contributed by atoms with E-state index >= 15 is 0 Å². The van der Waals surface area contributed by atoms with Crippen LogP contribution in [0.4, 0.5) is 0 Å². The van der Waals surface area contributed by atoms with Crippen LogP contribution in [-0.4, -0.2) is 23.2 Å². The molecule has 0 bridgehead atoms. The van der Waals surface area contributed by atoms with Crippen molar-refractivity contribution in [1.29, 1.82) is 0 Å². The van der Waals surface area contributed by atoms with Gasteiger partial charge in [-0.2, -0.15) is 0 Å². The number of carbonyl (C=O) groups is 1. The van der Waals surface area contributed by atoms with Gasteiger partial charge in [0.1, 0.15) is 0 Å². The lowest BCUT2D eigenvalue weighted by molar-refractivity contribution is -0.124. The number of aryl methyl sites for hydroxylation is 2. The average Bonchev–Trinajstić information content (AvgIpc) is 3.17. The Bertz CT molecular complexity index is 499. The van der Waals surface area contributed by atoms with Gasteiger partial charge in [0.15, 0.2) is 0 Å². The summed E-state index contributed by atoms with van der Waals surface area (Å²) in [6.45, 7) is 6.15. The first-order chi connectivity index (χ1) is 9.40. The normalized spacial score (nSPS) is 17.8. The largest absolute Gasteiger partial charge is 0.368 e. The van der Waals surface area contributed by atoms with Crippen molar-refractivity contribution >= 4 is 17.7 Å². The summed E-state index contributed by atoms with van der Waals surface area (Å²) in [6.07, 6.45) is 3.08. The standard InChI is InChI=1S/C16H24N2OS/c1-11-4-5-12(2)14(10-11)20-9-8-16(3,15(17)19)18-13-6-7-13/h4-5,10,13,18H,6-9H2,1-3H3,(H2,17,19). The zero-order chi connectivity index (χ0) is 14.8. The second kappa shape index (κ2) is 6.19. The van der Waals surface area contributed by atoms with Crippen molar-refractivity contribution in [2.75, 3.05) is 5.75 Å². The Balaban J connectivity index is 1.92. The van der Waals surface area contributed by atoms with Gasteiger partial charge in [0.25, 0.3) is 0 Å². The Labute approximate surface area is 125 Å². The SMILES string of the molecule is Cc1ccc(C)c(SCCC(C)(NC2CC2)C(N)=O)c1. The molecule has 1 aliphatic rings. The van der Waals surface area contributed by atoms with Crippen molar-refractivity contribution in [2.45, 2.75) is 56.5 Å². The molecule has 20 heavy (non-hydrogen) atoms. The summed E-state index contributed by atoms with van der Waals surface area (Å²) < 4.78 is 0. The maximum absolute atomic E-state index is 11.7. The lowest BCUT2D eigenvalue weighted by Gasteiger charge is -2.27. The highest BCUT2D eigenvalue weighted by molar-refractivity contribution is 7.99. The van der Waals surface area contributed by atoms with E-state index < -0.39 is 5.54 Å². The molecule has 0 radical (unpaired) electrons. The first-order valence-corrected chi connectivity index (χ1v) is 8.17. The van der Waals surface area contributed by atoms with Crippen molar-refractivity contribution in [3.63, 3.8) is 0 Å². The van der Waals surface area contributed by atoms with E-state index in [1.807, 2.05) is 6.92 Å². The van der Waals surface area contributed by atoms with Crippen LogP contribution in [0.1, 0.15) is 37.3 Å². The van der Waals surface area contributed by atoms with E-state index in [9.17, 15) is 4.79 Å². The molecule has 2 rings (SSSR count). The molecule has 1 amide bonds. The van der Waals surface area contributed by atoms with Crippen molar-refractivity contribution in [2.24, 2.45) is 5.73 Å². The summed E-state index contributed by atoms with van der Waals surface area (Å²) in [5.74, 6) is 0.648. The van der Waals surface area contributed by atoms with Crippen LogP contribution < -0.4 is 11.1 Å². The van der Waals surface area contributed by atoms with Crippen molar-refractivity contribution < 1.29 is 4.79 Å². The third kappa shape index (κ3) is 4.00. The Hall–Kier alpha value is -1.00. The number of amides is 1. The fourth-order valence-corrected chi connectivity index (χ4v) is 3.47. The minimum Gasteiger partial charge on any atom is -0.368 e. The quantitative estimate of drug-likeness (QED) is 0.760. The highest BCUT2D eigenvalue weighted by atomic mass is 32.2. The van der Waals surface area contributed by atoms with Gasteiger partial charge in [-0.1, -0.05) is 17.7 Å². The number of benzene rings is 1. The molecule has 110 valence electrons. The summed E-state index contributed by atoms with van der Waals surface area (Å²) >= 11 is 1.81. The molecular weight excluding hydrogens is 268 g/mol. The Morgan fingerprint density at radius 1 is 1.45 bits per heavy atom. The van der Waals surface area contributed by atoms with Crippen molar-refractivity contribution in [1.82, 2.24) is 5.32 Å².